The third-order valence-corrected chi connectivity index (χ3v) is 9.45. The molecule has 0 bridgehead atoms. The number of aromatic amines is 1. The Morgan fingerprint density at radius 1 is 1.00 bits per heavy atom. The van der Waals surface area contributed by atoms with Gasteiger partial charge in [0.15, 0.2) is 0 Å². The number of hydrogen-bond donors (Lipinski definition) is 6. The highest BCUT2D eigenvalue weighted by Gasteiger charge is 2.32. The standard InChI is InChI=1S/C36H57N7O6S/c1-36(2,3)49-35(48)42-29(19-26-14-10-7-11-15-26)33(46)41-30(20-27-21-37-24-39-27)34(47)40-28(18-25-12-8-6-9-13-25)31(44)22-50-23-32(45)38-16-17-43(4)5/h7,10-11,14-15,21,24-25,28-31,44H,6,8-9,12-13,16-20,22-23H2,1-5H3,(H,37,39)(H,38,45)(H,40,47)(H,41,46)(H,42,48)/t28-,29-,30-,31-/m0/s1. The normalized spacial score (nSPS) is 16.1. The van der Waals surface area contributed by atoms with Gasteiger partial charge in [-0.2, -0.15) is 0 Å². The van der Waals surface area contributed by atoms with Crippen LogP contribution in [0.4, 0.5) is 4.79 Å². The molecule has 1 heterocycles. The first kappa shape index (κ1) is 40.8. The van der Waals surface area contributed by atoms with Gasteiger partial charge < -0.3 is 41.0 Å². The fourth-order valence-corrected chi connectivity index (χ4v) is 6.72. The molecule has 1 saturated carbocycles. The second-order valence-electron chi connectivity index (χ2n) is 14.3. The molecule has 0 unspecified atom stereocenters. The predicted octanol–water partition coefficient (Wildman–Crippen LogP) is 2.80. The van der Waals surface area contributed by atoms with E-state index >= 15 is 0 Å². The number of carbonyl (C=O) groups excluding carboxylic acids is 4. The number of rotatable bonds is 19. The van der Waals surface area contributed by atoms with Gasteiger partial charge in [-0.05, 0) is 52.8 Å². The number of thioether (sulfide) groups is 1. The Hall–Kier alpha value is -3.62. The van der Waals surface area contributed by atoms with Crippen molar-refractivity contribution in [3.63, 3.8) is 0 Å². The smallest absolute Gasteiger partial charge is 0.408 e. The quantitative estimate of drug-likeness (QED) is 0.128. The van der Waals surface area contributed by atoms with Crippen LogP contribution in [-0.4, -0.2) is 112 Å². The van der Waals surface area contributed by atoms with Gasteiger partial charge >= 0.3 is 6.09 Å². The molecule has 1 aliphatic carbocycles. The van der Waals surface area contributed by atoms with Gasteiger partial charge in [0.05, 0.1) is 24.2 Å². The Morgan fingerprint density at radius 3 is 2.32 bits per heavy atom. The van der Waals surface area contributed by atoms with Crippen LogP contribution in [0.25, 0.3) is 0 Å². The van der Waals surface area contributed by atoms with Crippen LogP contribution in [0.2, 0.25) is 0 Å². The monoisotopic (exact) mass is 715 g/mol. The molecular weight excluding hydrogens is 659 g/mol. The number of nitrogens with one attached hydrogen (secondary N) is 5. The molecule has 278 valence electrons. The first-order chi connectivity index (χ1) is 23.8. The molecule has 4 amide bonds. The summed E-state index contributed by atoms with van der Waals surface area (Å²) in [5, 5.41) is 22.9. The number of alkyl carbamates (subject to hydrolysis) is 1. The molecule has 1 aliphatic rings. The van der Waals surface area contributed by atoms with E-state index in [0.717, 1.165) is 37.8 Å². The summed E-state index contributed by atoms with van der Waals surface area (Å²) in [6.07, 6.45) is 7.72. The highest BCUT2D eigenvalue weighted by Crippen LogP contribution is 2.28. The van der Waals surface area contributed by atoms with E-state index in [1.54, 1.807) is 27.0 Å². The van der Waals surface area contributed by atoms with Crippen molar-refractivity contribution in [1.82, 2.24) is 36.1 Å². The minimum atomic E-state index is -1.04. The molecule has 2 aromatic rings. The highest BCUT2D eigenvalue weighted by atomic mass is 32.2. The number of nitrogens with zero attached hydrogens (tertiary/aromatic N) is 2. The lowest BCUT2D eigenvalue weighted by Gasteiger charge is -2.31. The number of aliphatic hydroxyl groups is 1. The molecule has 0 spiro atoms. The summed E-state index contributed by atoms with van der Waals surface area (Å²) in [7, 11) is 3.88. The van der Waals surface area contributed by atoms with Gasteiger partial charge in [0.1, 0.15) is 17.7 Å². The summed E-state index contributed by atoms with van der Waals surface area (Å²) in [5.74, 6) is -0.327. The third-order valence-electron chi connectivity index (χ3n) is 8.41. The van der Waals surface area contributed by atoms with Crippen molar-refractivity contribution in [2.45, 2.75) is 102 Å². The summed E-state index contributed by atoms with van der Waals surface area (Å²) in [6.45, 7) is 6.48. The van der Waals surface area contributed by atoms with Crippen LogP contribution in [0.1, 0.15) is 70.6 Å². The fraction of sp³-hybridized carbons (Fsp3) is 0.639. The number of aliphatic hydroxyl groups excluding tert-OH is 1. The largest absolute Gasteiger partial charge is 0.444 e. The summed E-state index contributed by atoms with van der Waals surface area (Å²) in [4.78, 5) is 62.1. The number of ether oxygens (including phenoxy) is 1. The second-order valence-corrected chi connectivity index (χ2v) is 15.4. The zero-order chi connectivity index (χ0) is 36.5. The Bertz CT molecular complexity index is 1320. The third kappa shape index (κ3) is 15.9. The number of H-pyrrole nitrogens is 1. The zero-order valence-electron chi connectivity index (χ0n) is 30.2. The molecular formula is C36H57N7O6S. The van der Waals surface area contributed by atoms with Crippen molar-refractivity contribution in [2.75, 3.05) is 38.7 Å². The zero-order valence-corrected chi connectivity index (χ0v) is 31.0. The molecule has 1 aromatic carbocycles. The van der Waals surface area contributed by atoms with E-state index in [2.05, 4.69) is 31.2 Å². The molecule has 4 atom stereocenters. The summed E-state index contributed by atoms with van der Waals surface area (Å²) >= 11 is 1.32. The van der Waals surface area contributed by atoms with Crippen LogP contribution in [0.15, 0.2) is 42.9 Å². The molecule has 50 heavy (non-hydrogen) atoms. The number of imidazole rings is 1. The minimum Gasteiger partial charge on any atom is -0.444 e. The average Bonchev–Trinajstić information content (AvgIpc) is 3.57. The maximum absolute atomic E-state index is 14.0. The topological polar surface area (TPSA) is 178 Å². The Kier molecular flexibility index (Phi) is 17.1. The van der Waals surface area contributed by atoms with Crippen LogP contribution in [0.5, 0.6) is 0 Å². The van der Waals surface area contributed by atoms with Crippen molar-refractivity contribution < 1.29 is 29.0 Å². The van der Waals surface area contributed by atoms with Crippen molar-refractivity contribution in [3.05, 3.63) is 54.1 Å². The molecule has 1 fully saturated rings. The Balaban J connectivity index is 1.75. The second kappa shape index (κ2) is 20.9. The fourth-order valence-electron chi connectivity index (χ4n) is 5.84. The Morgan fingerprint density at radius 2 is 1.68 bits per heavy atom. The van der Waals surface area contributed by atoms with Gasteiger partial charge in [-0.1, -0.05) is 62.4 Å². The highest BCUT2D eigenvalue weighted by molar-refractivity contribution is 7.99. The van der Waals surface area contributed by atoms with E-state index < -0.39 is 47.7 Å². The lowest BCUT2D eigenvalue weighted by molar-refractivity contribution is -0.130. The maximum atomic E-state index is 14.0. The first-order valence-corrected chi connectivity index (χ1v) is 18.7. The number of amides is 4. The number of aromatic nitrogens is 2. The molecule has 6 N–H and O–H groups in total. The van der Waals surface area contributed by atoms with E-state index in [1.807, 2.05) is 49.3 Å². The number of likely N-dealkylation sites (N-methyl/N-ethyl adjacent to an activating group) is 1. The van der Waals surface area contributed by atoms with Crippen molar-refractivity contribution in [2.24, 2.45) is 5.92 Å². The molecule has 3 rings (SSSR count). The van der Waals surface area contributed by atoms with Crippen LogP contribution >= 0.6 is 11.8 Å². The number of hydrogen-bond acceptors (Lipinski definition) is 9. The summed E-state index contributed by atoms with van der Waals surface area (Å²) in [5.41, 5.74) is 0.673. The summed E-state index contributed by atoms with van der Waals surface area (Å²) in [6, 6.07) is 6.60. The SMILES string of the molecule is CN(C)CCNC(=O)CSC[C@H](O)[C@H](CC1CCCCC1)NC(=O)[C@H](Cc1cnc[nH]1)NC(=O)[C@H](Cc1ccccc1)NC(=O)OC(C)(C)C. The Labute approximate surface area is 300 Å². The molecule has 0 radical (unpaired) electrons. The van der Waals surface area contributed by atoms with Gasteiger partial charge in [0.2, 0.25) is 17.7 Å². The minimum absolute atomic E-state index is 0.107. The van der Waals surface area contributed by atoms with Crippen LogP contribution in [0, 0.1) is 5.92 Å². The average molecular weight is 716 g/mol. The van der Waals surface area contributed by atoms with E-state index in [4.69, 9.17) is 4.74 Å². The predicted molar refractivity (Wildman–Crippen MR) is 196 cm³/mol. The maximum Gasteiger partial charge on any atom is 0.408 e. The van der Waals surface area contributed by atoms with Crippen LogP contribution < -0.4 is 21.3 Å². The number of carbonyl (C=O) groups is 4. The van der Waals surface area contributed by atoms with E-state index in [9.17, 15) is 24.3 Å². The van der Waals surface area contributed by atoms with Crippen molar-refractivity contribution in [3.8, 4) is 0 Å². The lowest BCUT2D eigenvalue weighted by atomic mass is 9.83. The van der Waals surface area contributed by atoms with Crippen molar-refractivity contribution >= 4 is 35.6 Å². The van der Waals surface area contributed by atoms with Crippen molar-refractivity contribution in [1.29, 1.82) is 0 Å². The van der Waals surface area contributed by atoms with Gasteiger partial charge in [-0.3, -0.25) is 14.4 Å². The van der Waals surface area contributed by atoms with Crippen LogP contribution in [-0.2, 0) is 32.0 Å². The molecule has 0 aliphatic heterocycles. The van der Waals surface area contributed by atoms with Gasteiger partial charge in [0.25, 0.3) is 0 Å². The van der Waals surface area contributed by atoms with Crippen LogP contribution in [0.3, 0.4) is 0 Å². The van der Waals surface area contributed by atoms with E-state index in [-0.39, 0.29) is 30.3 Å². The van der Waals surface area contributed by atoms with Gasteiger partial charge in [0, 0.05) is 43.6 Å². The molecule has 1 aromatic heterocycles. The van der Waals surface area contributed by atoms with Gasteiger partial charge in [-0.25, -0.2) is 9.78 Å². The molecule has 0 saturated heterocycles. The lowest BCUT2D eigenvalue weighted by Crippen LogP contribution is -2.58. The first-order valence-electron chi connectivity index (χ1n) is 17.6. The summed E-state index contributed by atoms with van der Waals surface area (Å²) < 4.78 is 5.44. The molecule has 14 heteroatoms. The van der Waals surface area contributed by atoms with Gasteiger partial charge in [-0.15, -0.1) is 11.8 Å². The molecule has 13 nitrogen and oxygen atoms in total. The number of benzene rings is 1. The van der Waals surface area contributed by atoms with E-state index in [0.29, 0.717) is 24.6 Å². The van der Waals surface area contributed by atoms with E-state index in [1.165, 1.54) is 24.5 Å².